The van der Waals surface area contributed by atoms with Crippen LogP contribution in [0.15, 0.2) is 17.0 Å². The lowest BCUT2D eigenvalue weighted by atomic mass is 10.3. The first-order valence-corrected chi connectivity index (χ1v) is 11.2. The Bertz CT molecular complexity index is 468. The van der Waals surface area contributed by atoms with Crippen molar-refractivity contribution in [3.8, 4) is 5.75 Å². The maximum atomic E-state index is 13.9. The quantitative estimate of drug-likeness (QED) is 0.570. The summed E-state index contributed by atoms with van der Waals surface area (Å²) < 4.78 is 32.7. The Kier molecular flexibility index (Phi) is 6.29. The molecule has 0 saturated carbocycles. The van der Waals surface area contributed by atoms with Gasteiger partial charge in [0.2, 0.25) is 0 Å². The van der Waals surface area contributed by atoms with E-state index < -0.39 is 18.9 Å². The Hall–Kier alpha value is -0.553. The van der Waals surface area contributed by atoms with Crippen molar-refractivity contribution in [3.05, 3.63) is 23.8 Å². The molecule has 0 aliphatic carbocycles. The molecule has 5 heteroatoms. The lowest BCUT2D eigenvalue weighted by Gasteiger charge is -2.42. The summed E-state index contributed by atoms with van der Waals surface area (Å²) in [7, 11) is -0.424. The molecule has 0 aliphatic rings. The second-order valence-electron chi connectivity index (χ2n) is 6.34. The fraction of sp³-hybridized carbons (Fsp3) is 0.625. The van der Waals surface area contributed by atoms with Crippen LogP contribution >= 0.6 is 11.2 Å². The van der Waals surface area contributed by atoms with E-state index in [4.69, 9.17) is 4.74 Å². The summed E-state index contributed by atoms with van der Waals surface area (Å²) in [6.07, 6.45) is 0. The van der Waals surface area contributed by atoms with Crippen LogP contribution in [0.25, 0.3) is 0 Å². The average molecular weight is 333 g/mol. The van der Waals surface area contributed by atoms with Gasteiger partial charge < -0.3 is 4.74 Å². The van der Waals surface area contributed by atoms with Crippen LogP contribution in [-0.2, 0) is 0 Å². The van der Waals surface area contributed by atoms with Crippen LogP contribution in [0, 0.1) is 11.6 Å². The van der Waals surface area contributed by atoms with Crippen LogP contribution in [0.1, 0.15) is 41.5 Å². The molecular weight excluding hydrogens is 306 g/mol. The molecule has 0 atom stereocenters. The Morgan fingerprint density at radius 3 is 1.81 bits per heavy atom. The molecule has 1 rings (SSSR count). The van der Waals surface area contributed by atoms with E-state index >= 15 is 0 Å². The SMILES string of the molecule is COc1c(F)cc(F)cc1S[Si](C(C)C)(C(C)C)C(C)C. The van der Waals surface area contributed by atoms with E-state index in [9.17, 15) is 8.78 Å². The second-order valence-corrected chi connectivity index (χ2v) is 14.9. The lowest BCUT2D eigenvalue weighted by Crippen LogP contribution is -2.41. The van der Waals surface area contributed by atoms with Gasteiger partial charge in [0.05, 0.1) is 7.11 Å². The summed E-state index contributed by atoms with van der Waals surface area (Å²) in [5.41, 5.74) is 1.50. The van der Waals surface area contributed by atoms with Gasteiger partial charge in [0.25, 0.3) is 0 Å². The minimum atomic E-state index is -1.86. The largest absolute Gasteiger partial charge is 0.493 e. The maximum absolute atomic E-state index is 13.9. The molecule has 0 radical (unpaired) electrons. The number of methoxy groups -OCH3 is 1. The van der Waals surface area contributed by atoms with Gasteiger partial charge >= 0.3 is 0 Å². The summed E-state index contributed by atoms with van der Waals surface area (Å²) in [4.78, 5) is 0.595. The summed E-state index contributed by atoms with van der Waals surface area (Å²) in [6, 6.07) is 2.29. The molecule has 21 heavy (non-hydrogen) atoms. The number of hydrogen-bond donors (Lipinski definition) is 0. The Morgan fingerprint density at radius 1 is 0.952 bits per heavy atom. The van der Waals surface area contributed by atoms with Crippen LogP contribution in [0.4, 0.5) is 8.78 Å². The number of ether oxygens (including phenoxy) is 1. The molecule has 0 bridgehead atoms. The third-order valence-corrected chi connectivity index (χ3v) is 16.4. The Balaban J connectivity index is 3.40. The van der Waals surface area contributed by atoms with Crippen molar-refractivity contribution in [2.24, 2.45) is 0 Å². The van der Waals surface area contributed by atoms with Gasteiger partial charge in [-0.2, -0.15) is 0 Å². The lowest BCUT2D eigenvalue weighted by molar-refractivity contribution is 0.373. The van der Waals surface area contributed by atoms with Crippen LogP contribution in [0.5, 0.6) is 5.75 Å². The molecule has 0 aromatic heterocycles. The molecule has 1 nitrogen and oxygen atoms in total. The van der Waals surface area contributed by atoms with E-state index in [-0.39, 0.29) is 5.75 Å². The van der Waals surface area contributed by atoms with Crippen molar-refractivity contribution >= 4 is 18.4 Å². The number of rotatable bonds is 6. The van der Waals surface area contributed by atoms with Gasteiger partial charge in [0.15, 0.2) is 11.6 Å². The van der Waals surface area contributed by atoms with Crippen LogP contribution < -0.4 is 4.74 Å². The molecule has 0 aliphatic heterocycles. The topological polar surface area (TPSA) is 9.23 Å². The van der Waals surface area contributed by atoms with Gasteiger partial charge in [0, 0.05) is 11.0 Å². The van der Waals surface area contributed by atoms with Crippen molar-refractivity contribution in [1.29, 1.82) is 0 Å². The van der Waals surface area contributed by atoms with Gasteiger partial charge in [-0.25, -0.2) is 8.78 Å². The first-order valence-electron chi connectivity index (χ1n) is 7.38. The third kappa shape index (κ3) is 3.62. The maximum Gasteiger partial charge on any atom is 0.169 e. The highest BCUT2D eigenvalue weighted by atomic mass is 32.4. The van der Waals surface area contributed by atoms with Crippen LogP contribution in [0.2, 0.25) is 16.6 Å². The molecule has 0 spiro atoms. The van der Waals surface area contributed by atoms with Crippen LogP contribution in [-0.4, -0.2) is 14.3 Å². The highest BCUT2D eigenvalue weighted by Gasteiger charge is 2.44. The monoisotopic (exact) mass is 332 g/mol. The normalized spacial score (nSPS) is 12.6. The molecule has 0 heterocycles. The smallest absolute Gasteiger partial charge is 0.169 e. The highest BCUT2D eigenvalue weighted by molar-refractivity contribution is 8.29. The molecular formula is C16H26F2OSSi. The first kappa shape index (κ1) is 18.5. The minimum absolute atomic E-state index is 0.167. The van der Waals surface area contributed by atoms with Crippen LogP contribution in [0.3, 0.4) is 0 Å². The fourth-order valence-electron chi connectivity index (χ4n) is 3.35. The van der Waals surface area contributed by atoms with E-state index in [0.717, 1.165) is 6.07 Å². The van der Waals surface area contributed by atoms with Gasteiger partial charge in [-0.1, -0.05) is 41.5 Å². The van der Waals surface area contributed by atoms with Crippen molar-refractivity contribution in [1.82, 2.24) is 0 Å². The molecule has 1 aromatic carbocycles. The van der Waals surface area contributed by atoms with Gasteiger partial charge in [-0.15, -0.1) is 11.2 Å². The third-order valence-electron chi connectivity index (χ3n) is 4.17. The van der Waals surface area contributed by atoms with Gasteiger partial charge in [-0.3, -0.25) is 0 Å². The summed E-state index contributed by atoms with van der Waals surface area (Å²) >= 11 is 1.67. The van der Waals surface area contributed by atoms with Crippen molar-refractivity contribution in [2.45, 2.75) is 63.1 Å². The number of hydrogen-bond acceptors (Lipinski definition) is 2. The van der Waals surface area contributed by atoms with Crippen molar-refractivity contribution < 1.29 is 13.5 Å². The van der Waals surface area contributed by atoms with Crippen molar-refractivity contribution in [2.75, 3.05) is 7.11 Å². The summed E-state index contributed by atoms with van der Waals surface area (Å²) in [5.74, 6) is -1.01. The van der Waals surface area contributed by atoms with E-state index in [1.165, 1.54) is 13.2 Å². The van der Waals surface area contributed by atoms with E-state index in [2.05, 4.69) is 41.5 Å². The standard InChI is InChI=1S/C16H26F2OSSi/c1-10(2)21(11(3)4,12(5)6)20-15-9-13(17)8-14(18)16(15)19-7/h8-12H,1-7H3. The summed E-state index contributed by atoms with van der Waals surface area (Å²) in [5, 5.41) is 0. The zero-order chi connectivity index (χ0) is 16.4. The first-order chi connectivity index (χ1) is 9.66. The van der Waals surface area contributed by atoms with Gasteiger partial charge in [-0.05, 0) is 22.7 Å². The number of halogens is 2. The molecule has 0 unspecified atom stereocenters. The molecule has 0 N–H and O–H groups in total. The Morgan fingerprint density at radius 2 is 1.43 bits per heavy atom. The highest BCUT2D eigenvalue weighted by Crippen LogP contribution is 2.53. The summed E-state index contributed by atoms with van der Waals surface area (Å²) in [6.45, 7) is 13.3. The average Bonchev–Trinajstić information content (AvgIpc) is 2.33. The molecule has 0 saturated heterocycles. The van der Waals surface area contributed by atoms with Gasteiger partial charge in [0.1, 0.15) is 13.0 Å². The molecule has 1 aromatic rings. The predicted molar refractivity (Wildman–Crippen MR) is 89.8 cm³/mol. The zero-order valence-corrected chi connectivity index (χ0v) is 15.8. The number of benzene rings is 1. The zero-order valence-electron chi connectivity index (χ0n) is 14.0. The molecule has 120 valence electrons. The second kappa shape index (κ2) is 7.14. The fourth-order valence-corrected chi connectivity index (χ4v) is 12.6. The van der Waals surface area contributed by atoms with Crippen molar-refractivity contribution in [3.63, 3.8) is 0 Å². The van der Waals surface area contributed by atoms with E-state index in [1.807, 2.05) is 0 Å². The van der Waals surface area contributed by atoms with E-state index in [0.29, 0.717) is 21.5 Å². The Labute approximate surface area is 132 Å². The van der Waals surface area contributed by atoms with E-state index in [1.54, 1.807) is 11.2 Å². The minimum Gasteiger partial charge on any atom is -0.493 e. The molecule has 0 fully saturated rings. The molecule has 0 amide bonds. The predicted octanol–water partition coefficient (Wildman–Crippen LogP) is 6.24.